The van der Waals surface area contributed by atoms with Gasteiger partial charge in [0.2, 0.25) is 5.91 Å². The maximum Gasteiger partial charge on any atom is 0.261 e. The number of amides is 1. The molecule has 1 atom stereocenters. The minimum absolute atomic E-state index is 0.117. The summed E-state index contributed by atoms with van der Waals surface area (Å²) >= 11 is 3.03. The summed E-state index contributed by atoms with van der Waals surface area (Å²) < 4.78 is 9.27. The van der Waals surface area contributed by atoms with Crippen molar-refractivity contribution in [3.05, 3.63) is 58.0 Å². The van der Waals surface area contributed by atoms with Gasteiger partial charge in [0.25, 0.3) is 5.56 Å². The van der Waals surface area contributed by atoms with Crippen molar-refractivity contribution in [3.8, 4) is 10.7 Å². The number of aromatic nitrogens is 5. The van der Waals surface area contributed by atoms with Gasteiger partial charge in [-0.1, -0.05) is 30.0 Å². The lowest BCUT2D eigenvalue weighted by Crippen LogP contribution is -2.31. The Morgan fingerprint density at radius 2 is 2.09 bits per heavy atom. The predicted molar refractivity (Wildman–Crippen MR) is 127 cm³/mol. The fraction of sp³-hybridized carbons (Fsp3) is 0.318. The van der Waals surface area contributed by atoms with Gasteiger partial charge in [0.05, 0.1) is 34.2 Å². The monoisotopic (exact) mass is 482 g/mol. The number of benzene rings is 1. The molecule has 1 fully saturated rings. The summed E-state index contributed by atoms with van der Waals surface area (Å²) in [5.74, 6) is 0.999. The minimum Gasteiger partial charge on any atom is -0.376 e. The lowest BCUT2D eigenvalue weighted by molar-refractivity contribution is -0.118. The molecule has 0 spiro atoms. The van der Waals surface area contributed by atoms with Gasteiger partial charge in [-0.3, -0.25) is 18.7 Å². The fourth-order valence-corrected chi connectivity index (χ4v) is 5.52. The molecule has 170 valence electrons. The first-order chi connectivity index (χ1) is 16.1. The van der Waals surface area contributed by atoms with Crippen LogP contribution in [-0.2, 0) is 28.4 Å². The van der Waals surface area contributed by atoms with Gasteiger partial charge in [0.15, 0.2) is 11.0 Å². The van der Waals surface area contributed by atoms with E-state index in [0.29, 0.717) is 34.2 Å². The van der Waals surface area contributed by atoms with Crippen LogP contribution < -0.4 is 11.3 Å². The predicted octanol–water partition coefficient (Wildman–Crippen LogP) is 2.67. The number of hydrogen-bond acceptors (Lipinski definition) is 8. The number of para-hydroxylation sites is 1. The fourth-order valence-electron chi connectivity index (χ4n) is 3.91. The Hall–Kier alpha value is -3.02. The first kappa shape index (κ1) is 21.8. The first-order valence-corrected chi connectivity index (χ1v) is 12.4. The van der Waals surface area contributed by atoms with Crippen molar-refractivity contribution < 1.29 is 9.53 Å². The smallest absolute Gasteiger partial charge is 0.261 e. The molecular weight excluding hydrogens is 460 g/mol. The van der Waals surface area contributed by atoms with Crippen LogP contribution in [0.15, 0.2) is 51.7 Å². The number of thioether (sulfide) groups is 1. The molecule has 0 saturated carbocycles. The molecule has 1 aliphatic heterocycles. The molecule has 0 unspecified atom stereocenters. The average molecular weight is 483 g/mol. The molecule has 3 aromatic heterocycles. The Morgan fingerprint density at radius 3 is 2.85 bits per heavy atom. The van der Waals surface area contributed by atoms with Crippen LogP contribution in [0.3, 0.4) is 0 Å². The van der Waals surface area contributed by atoms with E-state index in [2.05, 4.69) is 19.7 Å². The highest BCUT2D eigenvalue weighted by atomic mass is 32.2. The van der Waals surface area contributed by atoms with Crippen LogP contribution in [0.5, 0.6) is 0 Å². The highest BCUT2D eigenvalue weighted by Gasteiger charge is 2.23. The van der Waals surface area contributed by atoms with Crippen LogP contribution in [0, 0.1) is 0 Å². The third kappa shape index (κ3) is 4.56. The second kappa shape index (κ2) is 9.46. The van der Waals surface area contributed by atoms with Crippen LogP contribution in [0.1, 0.15) is 18.7 Å². The van der Waals surface area contributed by atoms with E-state index in [1.165, 1.54) is 16.3 Å². The van der Waals surface area contributed by atoms with Gasteiger partial charge in [0.1, 0.15) is 12.4 Å². The maximum atomic E-state index is 13.0. The molecule has 1 aliphatic rings. The largest absolute Gasteiger partial charge is 0.376 e. The normalized spacial score (nSPS) is 15.9. The van der Waals surface area contributed by atoms with E-state index in [1.54, 1.807) is 29.5 Å². The Balaban J connectivity index is 1.49. The van der Waals surface area contributed by atoms with Crippen LogP contribution in [0.25, 0.3) is 21.6 Å². The number of nitrogens with zero attached hydrogens (tertiary/aromatic N) is 5. The number of thiophene rings is 1. The number of carbonyl (C=O) groups excluding carboxylic acids is 1. The number of primary amides is 1. The Bertz CT molecular complexity index is 1340. The van der Waals surface area contributed by atoms with E-state index in [1.807, 2.05) is 23.6 Å². The summed E-state index contributed by atoms with van der Waals surface area (Å²) in [6, 6.07) is 11.1. The van der Waals surface area contributed by atoms with Crippen molar-refractivity contribution in [1.82, 2.24) is 24.3 Å². The maximum absolute atomic E-state index is 13.0. The Labute approximate surface area is 197 Å². The van der Waals surface area contributed by atoms with Crippen molar-refractivity contribution in [1.29, 1.82) is 0 Å². The van der Waals surface area contributed by atoms with Crippen molar-refractivity contribution >= 4 is 39.9 Å². The standard InChI is InChI=1S/C22H22N6O3S2/c23-18(29)12-27-19(24-16-7-2-1-6-15(16)21(27)30)13-33-22-26-25-20(17-8-4-10-32-17)28(22)11-14-5-3-9-31-14/h1-2,4,6-8,10,14H,3,5,9,11-13H2,(H2,23,29)/t14-/m0/s1. The number of ether oxygens (including phenoxy) is 1. The average Bonchev–Trinajstić information content (AvgIpc) is 3.57. The highest BCUT2D eigenvalue weighted by molar-refractivity contribution is 7.98. The molecule has 33 heavy (non-hydrogen) atoms. The van der Waals surface area contributed by atoms with Gasteiger partial charge in [-0.15, -0.1) is 21.5 Å². The van der Waals surface area contributed by atoms with E-state index >= 15 is 0 Å². The summed E-state index contributed by atoms with van der Waals surface area (Å²) in [5.41, 5.74) is 5.71. The summed E-state index contributed by atoms with van der Waals surface area (Å²) in [5, 5.41) is 12.0. The lowest BCUT2D eigenvalue weighted by atomic mass is 10.2. The molecule has 9 nitrogen and oxygen atoms in total. The summed E-state index contributed by atoms with van der Waals surface area (Å²) in [6.45, 7) is 1.20. The van der Waals surface area contributed by atoms with E-state index < -0.39 is 5.91 Å². The number of rotatable bonds is 8. The van der Waals surface area contributed by atoms with Gasteiger partial charge in [-0.05, 0) is 36.4 Å². The third-order valence-corrected chi connectivity index (χ3v) is 7.28. The lowest BCUT2D eigenvalue weighted by Gasteiger charge is -2.15. The molecule has 2 N–H and O–H groups in total. The van der Waals surface area contributed by atoms with E-state index in [4.69, 9.17) is 10.5 Å². The molecule has 4 heterocycles. The van der Waals surface area contributed by atoms with Crippen LogP contribution >= 0.6 is 23.1 Å². The van der Waals surface area contributed by atoms with E-state index in [0.717, 1.165) is 30.2 Å². The number of nitrogens with two attached hydrogens (primary N) is 1. The topological polar surface area (TPSA) is 118 Å². The molecule has 11 heteroatoms. The van der Waals surface area contributed by atoms with Gasteiger partial charge >= 0.3 is 0 Å². The molecule has 0 radical (unpaired) electrons. The van der Waals surface area contributed by atoms with Crippen LogP contribution in [0.4, 0.5) is 0 Å². The van der Waals surface area contributed by atoms with Crippen molar-refractivity contribution in [2.24, 2.45) is 5.73 Å². The molecule has 5 rings (SSSR count). The molecular formula is C22H22N6O3S2. The zero-order valence-corrected chi connectivity index (χ0v) is 19.3. The number of hydrogen-bond donors (Lipinski definition) is 1. The second-order valence-electron chi connectivity index (χ2n) is 7.72. The zero-order chi connectivity index (χ0) is 22.8. The zero-order valence-electron chi connectivity index (χ0n) is 17.7. The van der Waals surface area contributed by atoms with Crippen molar-refractivity contribution in [3.63, 3.8) is 0 Å². The van der Waals surface area contributed by atoms with Crippen LogP contribution in [-0.4, -0.2) is 42.9 Å². The molecule has 1 saturated heterocycles. The molecule has 1 aromatic carbocycles. The Morgan fingerprint density at radius 1 is 1.21 bits per heavy atom. The molecule has 0 bridgehead atoms. The first-order valence-electron chi connectivity index (χ1n) is 10.6. The quantitative estimate of drug-likeness (QED) is 0.384. The Kier molecular flexibility index (Phi) is 6.25. The number of fused-ring (bicyclic) bond motifs is 1. The molecule has 0 aliphatic carbocycles. The van der Waals surface area contributed by atoms with Gasteiger partial charge < -0.3 is 10.5 Å². The summed E-state index contributed by atoms with van der Waals surface area (Å²) in [7, 11) is 0. The van der Waals surface area contributed by atoms with Gasteiger partial charge in [-0.25, -0.2) is 4.98 Å². The van der Waals surface area contributed by atoms with E-state index in [9.17, 15) is 9.59 Å². The van der Waals surface area contributed by atoms with Gasteiger partial charge in [0, 0.05) is 6.61 Å². The van der Waals surface area contributed by atoms with Crippen molar-refractivity contribution in [2.45, 2.75) is 42.9 Å². The second-order valence-corrected chi connectivity index (χ2v) is 9.61. The highest BCUT2D eigenvalue weighted by Crippen LogP contribution is 2.30. The molecule has 1 amide bonds. The minimum atomic E-state index is -0.595. The molecule has 4 aromatic rings. The SMILES string of the molecule is NC(=O)Cn1c(CSc2nnc(-c3cccs3)n2C[C@@H]2CCCO2)nc2ccccc2c1=O. The van der Waals surface area contributed by atoms with Crippen molar-refractivity contribution in [2.75, 3.05) is 6.61 Å². The number of carbonyl (C=O) groups is 1. The third-order valence-electron chi connectivity index (χ3n) is 5.45. The van der Waals surface area contributed by atoms with Crippen LogP contribution in [0.2, 0.25) is 0 Å². The summed E-state index contributed by atoms with van der Waals surface area (Å²) in [4.78, 5) is 30.3. The van der Waals surface area contributed by atoms with E-state index in [-0.39, 0.29) is 18.2 Å². The summed E-state index contributed by atoms with van der Waals surface area (Å²) in [6.07, 6.45) is 2.16. The van der Waals surface area contributed by atoms with Gasteiger partial charge in [-0.2, -0.15) is 0 Å².